The van der Waals surface area contributed by atoms with Crippen LogP contribution in [0.4, 0.5) is 0 Å². The third kappa shape index (κ3) is 2.81. The van der Waals surface area contributed by atoms with Crippen molar-refractivity contribution in [2.24, 2.45) is 0 Å². The minimum Gasteiger partial charge on any atom is -0.348 e. The van der Waals surface area contributed by atoms with Crippen LogP contribution in [0.2, 0.25) is 0 Å². The molecule has 19 heavy (non-hydrogen) atoms. The quantitative estimate of drug-likeness (QED) is 0.758. The van der Waals surface area contributed by atoms with Gasteiger partial charge in [0.15, 0.2) is 0 Å². The number of hydrogen-bond donors (Lipinski definition) is 3. The Morgan fingerprint density at radius 2 is 2.21 bits per heavy atom. The fraction of sp³-hybridized carbons (Fsp3) is 0.714. The molecule has 0 aromatic carbocycles. The average Bonchev–Trinajstić information content (AvgIpc) is 2.93. The molecule has 5 heteroatoms. The second-order valence-corrected chi connectivity index (χ2v) is 5.90. The number of carbonyl (C=O) groups excluding carboxylic acids is 1. The molecule has 1 saturated carbocycles. The van der Waals surface area contributed by atoms with Crippen LogP contribution in [0.1, 0.15) is 55.4 Å². The van der Waals surface area contributed by atoms with E-state index in [-0.39, 0.29) is 17.5 Å². The molecule has 0 radical (unpaired) electrons. The van der Waals surface area contributed by atoms with Crippen molar-refractivity contribution in [2.75, 3.05) is 6.54 Å². The summed E-state index contributed by atoms with van der Waals surface area (Å²) in [4.78, 5) is 18.8. The molecule has 1 aromatic rings. The second-order valence-electron chi connectivity index (χ2n) is 5.90. The van der Waals surface area contributed by atoms with E-state index in [0.717, 1.165) is 19.4 Å². The van der Waals surface area contributed by atoms with Gasteiger partial charge >= 0.3 is 0 Å². The molecule has 3 N–H and O–H groups in total. The molecule has 1 aliphatic carbocycles. The molecule has 1 unspecified atom stereocenters. The highest BCUT2D eigenvalue weighted by Crippen LogP contribution is 2.34. The van der Waals surface area contributed by atoms with Gasteiger partial charge in [0.1, 0.15) is 5.69 Å². The summed E-state index contributed by atoms with van der Waals surface area (Å²) in [7, 11) is 0. The van der Waals surface area contributed by atoms with Crippen LogP contribution in [0.5, 0.6) is 0 Å². The van der Waals surface area contributed by atoms with E-state index in [9.17, 15) is 4.79 Å². The first kappa shape index (κ1) is 12.7. The highest BCUT2D eigenvalue weighted by atomic mass is 16.2. The molecule has 1 aromatic heterocycles. The number of rotatable bonds is 2. The number of carbonyl (C=O) groups is 1. The lowest BCUT2D eigenvalue weighted by atomic mass is 9.75. The van der Waals surface area contributed by atoms with E-state index >= 15 is 0 Å². The number of piperidine rings is 1. The van der Waals surface area contributed by atoms with Gasteiger partial charge in [-0.3, -0.25) is 4.79 Å². The summed E-state index contributed by atoms with van der Waals surface area (Å²) in [6.45, 7) is 1.01. The summed E-state index contributed by atoms with van der Waals surface area (Å²) in [5.74, 6) is -0.0321. The van der Waals surface area contributed by atoms with Gasteiger partial charge in [0.2, 0.25) is 0 Å². The van der Waals surface area contributed by atoms with E-state index in [1.54, 1.807) is 12.5 Å². The number of imidazole rings is 1. The third-order valence-corrected chi connectivity index (χ3v) is 4.52. The Hall–Kier alpha value is -1.36. The standard InChI is InChI=1S/C14H22N4O/c19-13(12-9-15-10-16-12)18-11-4-7-17-14(8-11)5-2-1-3-6-14/h9-11,17H,1-8H2,(H,15,16)(H,18,19). The summed E-state index contributed by atoms with van der Waals surface area (Å²) < 4.78 is 0. The van der Waals surface area contributed by atoms with E-state index in [4.69, 9.17) is 0 Å². The summed E-state index contributed by atoms with van der Waals surface area (Å²) in [5, 5.41) is 6.84. The molecule has 3 rings (SSSR count). The van der Waals surface area contributed by atoms with Crippen LogP contribution in [0.25, 0.3) is 0 Å². The number of amides is 1. The van der Waals surface area contributed by atoms with Crippen LogP contribution in [0, 0.1) is 0 Å². The van der Waals surface area contributed by atoms with Gasteiger partial charge < -0.3 is 15.6 Å². The highest BCUT2D eigenvalue weighted by molar-refractivity contribution is 5.92. The third-order valence-electron chi connectivity index (χ3n) is 4.52. The number of nitrogens with zero attached hydrogens (tertiary/aromatic N) is 1. The molecule has 1 saturated heterocycles. The zero-order valence-corrected chi connectivity index (χ0v) is 11.2. The molecule has 2 fully saturated rings. The lowest BCUT2D eigenvalue weighted by Crippen LogP contribution is -2.57. The van der Waals surface area contributed by atoms with Crippen molar-refractivity contribution in [1.82, 2.24) is 20.6 Å². The Bertz CT molecular complexity index is 417. The monoisotopic (exact) mass is 262 g/mol. The van der Waals surface area contributed by atoms with Gasteiger partial charge in [-0.05, 0) is 32.2 Å². The normalized spacial score (nSPS) is 26.2. The van der Waals surface area contributed by atoms with Gasteiger partial charge in [0, 0.05) is 11.6 Å². The maximum Gasteiger partial charge on any atom is 0.269 e. The lowest BCUT2D eigenvalue weighted by molar-refractivity contribution is 0.0888. The maximum atomic E-state index is 12.0. The SMILES string of the molecule is O=C(NC1CCNC2(CCCCC2)C1)c1cnc[nH]1. The topological polar surface area (TPSA) is 69.8 Å². The molecule has 5 nitrogen and oxygen atoms in total. The first-order chi connectivity index (χ1) is 9.27. The van der Waals surface area contributed by atoms with Crippen LogP contribution in [-0.4, -0.2) is 34.0 Å². The molecule has 104 valence electrons. The Morgan fingerprint density at radius 3 is 2.95 bits per heavy atom. The van der Waals surface area contributed by atoms with Gasteiger partial charge in [-0.1, -0.05) is 19.3 Å². The van der Waals surface area contributed by atoms with Gasteiger partial charge in [-0.25, -0.2) is 4.98 Å². The molecule has 2 aliphatic rings. The Balaban J connectivity index is 1.60. The summed E-state index contributed by atoms with van der Waals surface area (Å²) in [6.07, 6.45) is 11.7. The molecule has 1 spiro atoms. The Morgan fingerprint density at radius 1 is 1.37 bits per heavy atom. The largest absolute Gasteiger partial charge is 0.348 e. The smallest absolute Gasteiger partial charge is 0.269 e. The van der Waals surface area contributed by atoms with E-state index < -0.39 is 0 Å². The van der Waals surface area contributed by atoms with Crippen molar-refractivity contribution < 1.29 is 4.79 Å². The van der Waals surface area contributed by atoms with Crippen molar-refractivity contribution in [3.63, 3.8) is 0 Å². The fourth-order valence-corrected chi connectivity index (χ4v) is 3.53. The Kier molecular flexibility index (Phi) is 3.55. The Labute approximate surface area is 113 Å². The first-order valence-electron chi connectivity index (χ1n) is 7.32. The number of H-pyrrole nitrogens is 1. The molecule has 1 atom stereocenters. The van der Waals surface area contributed by atoms with Gasteiger partial charge in [0.25, 0.3) is 5.91 Å². The van der Waals surface area contributed by atoms with E-state index in [1.165, 1.54) is 32.1 Å². The van der Waals surface area contributed by atoms with Crippen LogP contribution >= 0.6 is 0 Å². The van der Waals surface area contributed by atoms with Gasteiger partial charge in [-0.15, -0.1) is 0 Å². The van der Waals surface area contributed by atoms with Crippen molar-refractivity contribution in [3.05, 3.63) is 18.2 Å². The molecular formula is C14H22N4O. The van der Waals surface area contributed by atoms with Crippen molar-refractivity contribution in [3.8, 4) is 0 Å². The zero-order valence-electron chi connectivity index (χ0n) is 11.2. The van der Waals surface area contributed by atoms with Crippen LogP contribution in [-0.2, 0) is 0 Å². The molecule has 1 amide bonds. The molecule has 1 aliphatic heterocycles. The summed E-state index contributed by atoms with van der Waals surface area (Å²) >= 11 is 0. The minimum atomic E-state index is -0.0321. The molecular weight excluding hydrogens is 240 g/mol. The van der Waals surface area contributed by atoms with Crippen LogP contribution in [0.3, 0.4) is 0 Å². The van der Waals surface area contributed by atoms with Crippen LogP contribution < -0.4 is 10.6 Å². The van der Waals surface area contributed by atoms with Gasteiger partial charge in [0.05, 0.1) is 12.5 Å². The molecule has 2 heterocycles. The van der Waals surface area contributed by atoms with Crippen molar-refractivity contribution >= 4 is 5.91 Å². The van der Waals surface area contributed by atoms with Crippen molar-refractivity contribution in [2.45, 2.75) is 56.5 Å². The molecule has 0 bridgehead atoms. The fourth-order valence-electron chi connectivity index (χ4n) is 3.53. The van der Waals surface area contributed by atoms with E-state index in [1.807, 2.05) is 0 Å². The second kappa shape index (κ2) is 5.33. The zero-order chi connectivity index (χ0) is 13.1. The minimum absolute atomic E-state index is 0.0321. The number of aromatic nitrogens is 2. The summed E-state index contributed by atoms with van der Waals surface area (Å²) in [5.41, 5.74) is 0.832. The first-order valence-corrected chi connectivity index (χ1v) is 7.32. The van der Waals surface area contributed by atoms with E-state index in [2.05, 4.69) is 20.6 Å². The predicted molar refractivity (Wildman–Crippen MR) is 72.9 cm³/mol. The van der Waals surface area contributed by atoms with E-state index in [0.29, 0.717) is 5.69 Å². The number of nitrogens with one attached hydrogen (secondary N) is 3. The average molecular weight is 262 g/mol. The number of aromatic amines is 1. The van der Waals surface area contributed by atoms with Crippen LogP contribution in [0.15, 0.2) is 12.5 Å². The lowest BCUT2D eigenvalue weighted by Gasteiger charge is -2.44. The predicted octanol–water partition coefficient (Wildman–Crippen LogP) is 1.59. The summed E-state index contributed by atoms with van der Waals surface area (Å²) in [6, 6.07) is 0.287. The number of hydrogen-bond acceptors (Lipinski definition) is 3. The van der Waals surface area contributed by atoms with Crippen molar-refractivity contribution in [1.29, 1.82) is 0 Å². The maximum absolute atomic E-state index is 12.0. The highest BCUT2D eigenvalue weighted by Gasteiger charge is 2.37. The van der Waals surface area contributed by atoms with Gasteiger partial charge in [-0.2, -0.15) is 0 Å².